The minimum Gasteiger partial charge on any atom is -0.383 e. The van der Waals surface area contributed by atoms with E-state index in [0.29, 0.717) is 5.92 Å². The molecule has 114 valence electrons. The fourth-order valence-electron chi connectivity index (χ4n) is 2.19. The Labute approximate surface area is 131 Å². The van der Waals surface area contributed by atoms with Crippen molar-refractivity contribution in [3.8, 4) is 0 Å². The van der Waals surface area contributed by atoms with Crippen LogP contribution in [0.5, 0.6) is 0 Å². The Bertz CT molecular complexity index is 396. The van der Waals surface area contributed by atoms with Gasteiger partial charge < -0.3 is 15.0 Å². The van der Waals surface area contributed by atoms with Gasteiger partial charge in [-0.2, -0.15) is 0 Å². The van der Waals surface area contributed by atoms with E-state index in [-0.39, 0.29) is 0 Å². The number of nitrogens with zero attached hydrogens (tertiary/aromatic N) is 1. The summed E-state index contributed by atoms with van der Waals surface area (Å²) in [5, 5.41) is 3.42. The summed E-state index contributed by atoms with van der Waals surface area (Å²) in [6.45, 7) is 11.2. The maximum Gasteiger partial charge on any atom is 0.0637 e. The number of benzene rings is 1. The number of anilines is 1. The standard InChI is InChI=1S/C16H27BrN2O/c1-5-18-11-14-6-7-15(17)10-16(14)19(8-9-20-4)12-13(2)3/h6-7,10,13,18H,5,8-9,11-12H2,1-4H3. The Morgan fingerprint density at radius 2 is 2.10 bits per heavy atom. The predicted octanol–water partition coefficient (Wildman–Crippen LogP) is 3.67. The largest absolute Gasteiger partial charge is 0.383 e. The van der Waals surface area contributed by atoms with Crippen molar-refractivity contribution in [2.45, 2.75) is 27.3 Å². The smallest absolute Gasteiger partial charge is 0.0637 e. The maximum absolute atomic E-state index is 5.26. The second kappa shape index (κ2) is 9.37. The van der Waals surface area contributed by atoms with Crippen molar-refractivity contribution in [1.82, 2.24) is 5.32 Å². The highest BCUT2D eigenvalue weighted by atomic mass is 79.9. The molecule has 1 aromatic rings. The summed E-state index contributed by atoms with van der Waals surface area (Å²) in [6.07, 6.45) is 0. The highest BCUT2D eigenvalue weighted by molar-refractivity contribution is 9.10. The van der Waals surface area contributed by atoms with Crippen LogP contribution in [-0.4, -0.2) is 33.4 Å². The fourth-order valence-corrected chi connectivity index (χ4v) is 2.54. The highest BCUT2D eigenvalue weighted by Gasteiger charge is 2.13. The van der Waals surface area contributed by atoms with Gasteiger partial charge in [-0.1, -0.05) is 42.8 Å². The molecule has 20 heavy (non-hydrogen) atoms. The molecular weight excluding hydrogens is 316 g/mol. The monoisotopic (exact) mass is 342 g/mol. The topological polar surface area (TPSA) is 24.5 Å². The van der Waals surface area contributed by atoms with Gasteiger partial charge in [0.2, 0.25) is 0 Å². The molecule has 1 aromatic carbocycles. The van der Waals surface area contributed by atoms with Crippen LogP contribution in [0, 0.1) is 5.92 Å². The van der Waals surface area contributed by atoms with Gasteiger partial charge in [0.15, 0.2) is 0 Å². The lowest BCUT2D eigenvalue weighted by Crippen LogP contribution is -2.32. The van der Waals surface area contributed by atoms with Gasteiger partial charge in [-0.15, -0.1) is 0 Å². The molecule has 0 saturated heterocycles. The van der Waals surface area contributed by atoms with E-state index in [4.69, 9.17) is 4.74 Å². The summed E-state index contributed by atoms with van der Waals surface area (Å²) in [5.74, 6) is 0.623. The first-order chi connectivity index (χ1) is 9.58. The number of methoxy groups -OCH3 is 1. The average Bonchev–Trinajstić information content (AvgIpc) is 2.41. The first-order valence-corrected chi connectivity index (χ1v) is 8.10. The molecule has 0 fully saturated rings. The summed E-state index contributed by atoms with van der Waals surface area (Å²) in [4.78, 5) is 2.42. The Kier molecular flexibility index (Phi) is 8.19. The van der Waals surface area contributed by atoms with Crippen molar-refractivity contribution >= 4 is 21.6 Å². The van der Waals surface area contributed by atoms with Crippen molar-refractivity contribution < 1.29 is 4.74 Å². The molecule has 0 unspecified atom stereocenters. The van der Waals surface area contributed by atoms with Crippen molar-refractivity contribution in [3.05, 3.63) is 28.2 Å². The van der Waals surface area contributed by atoms with Crippen molar-refractivity contribution in [2.24, 2.45) is 5.92 Å². The third-order valence-electron chi connectivity index (χ3n) is 3.10. The fraction of sp³-hybridized carbons (Fsp3) is 0.625. The van der Waals surface area contributed by atoms with Gasteiger partial charge >= 0.3 is 0 Å². The van der Waals surface area contributed by atoms with Crippen LogP contribution in [-0.2, 0) is 11.3 Å². The van der Waals surface area contributed by atoms with E-state index in [1.807, 2.05) is 0 Å². The van der Waals surface area contributed by atoms with Crippen LogP contribution < -0.4 is 10.2 Å². The van der Waals surface area contributed by atoms with Crippen molar-refractivity contribution in [3.63, 3.8) is 0 Å². The van der Waals surface area contributed by atoms with Crippen LogP contribution >= 0.6 is 15.9 Å². The number of ether oxygens (including phenoxy) is 1. The quantitative estimate of drug-likeness (QED) is 0.740. The Balaban J connectivity index is 2.98. The molecule has 0 spiro atoms. The molecule has 0 saturated carbocycles. The van der Waals surface area contributed by atoms with Gasteiger partial charge in [-0.3, -0.25) is 0 Å². The Hall–Kier alpha value is -0.580. The second-order valence-corrected chi connectivity index (χ2v) is 6.30. The van der Waals surface area contributed by atoms with Crippen LogP contribution in [0.25, 0.3) is 0 Å². The summed E-state index contributed by atoms with van der Waals surface area (Å²) < 4.78 is 6.38. The molecule has 0 bridgehead atoms. The Morgan fingerprint density at radius 1 is 1.35 bits per heavy atom. The van der Waals surface area contributed by atoms with Gasteiger partial charge in [0.05, 0.1) is 6.61 Å². The summed E-state index contributed by atoms with van der Waals surface area (Å²) in [5.41, 5.74) is 2.64. The summed E-state index contributed by atoms with van der Waals surface area (Å²) >= 11 is 3.59. The molecule has 0 amide bonds. The van der Waals surface area contributed by atoms with Crippen LogP contribution in [0.3, 0.4) is 0 Å². The van der Waals surface area contributed by atoms with Crippen molar-refractivity contribution in [2.75, 3.05) is 38.3 Å². The van der Waals surface area contributed by atoms with Gasteiger partial charge in [0.1, 0.15) is 0 Å². The molecule has 0 aromatic heterocycles. The minimum absolute atomic E-state index is 0.623. The van der Waals surface area contributed by atoms with Gasteiger partial charge in [0, 0.05) is 36.9 Å². The number of halogens is 1. The molecule has 0 aliphatic heterocycles. The first-order valence-electron chi connectivity index (χ1n) is 7.31. The number of hydrogen-bond donors (Lipinski definition) is 1. The zero-order valence-electron chi connectivity index (χ0n) is 13.1. The molecule has 1 N–H and O–H groups in total. The molecule has 1 rings (SSSR count). The number of rotatable bonds is 9. The van der Waals surface area contributed by atoms with Gasteiger partial charge in [0.25, 0.3) is 0 Å². The Morgan fingerprint density at radius 3 is 2.70 bits per heavy atom. The molecule has 0 radical (unpaired) electrons. The van der Waals surface area contributed by atoms with E-state index in [9.17, 15) is 0 Å². The van der Waals surface area contributed by atoms with E-state index in [2.05, 4.69) is 65.1 Å². The lowest BCUT2D eigenvalue weighted by molar-refractivity contribution is 0.204. The van der Waals surface area contributed by atoms with E-state index in [1.165, 1.54) is 11.3 Å². The molecule has 3 nitrogen and oxygen atoms in total. The zero-order valence-corrected chi connectivity index (χ0v) is 14.7. The van der Waals surface area contributed by atoms with E-state index in [1.54, 1.807) is 7.11 Å². The lowest BCUT2D eigenvalue weighted by atomic mass is 10.1. The number of hydrogen-bond acceptors (Lipinski definition) is 3. The zero-order chi connectivity index (χ0) is 15.0. The van der Waals surface area contributed by atoms with Crippen LogP contribution in [0.1, 0.15) is 26.3 Å². The second-order valence-electron chi connectivity index (χ2n) is 5.39. The number of nitrogens with one attached hydrogen (secondary N) is 1. The van der Waals surface area contributed by atoms with Crippen LogP contribution in [0.15, 0.2) is 22.7 Å². The van der Waals surface area contributed by atoms with Crippen molar-refractivity contribution in [1.29, 1.82) is 0 Å². The molecule has 0 aliphatic rings. The first kappa shape index (κ1) is 17.5. The van der Waals surface area contributed by atoms with E-state index >= 15 is 0 Å². The van der Waals surface area contributed by atoms with Crippen LogP contribution in [0.2, 0.25) is 0 Å². The third-order valence-corrected chi connectivity index (χ3v) is 3.60. The molecule has 0 heterocycles. The molecule has 0 atom stereocenters. The maximum atomic E-state index is 5.26. The van der Waals surface area contributed by atoms with E-state index < -0.39 is 0 Å². The van der Waals surface area contributed by atoms with Gasteiger partial charge in [-0.05, 0) is 30.2 Å². The van der Waals surface area contributed by atoms with Crippen LogP contribution in [0.4, 0.5) is 5.69 Å². The highest BCUT2D eigenvalue weighted by Crippen LogP contribution is 2.26. The summed E-state index contributed by atoms with van der Waals surface area (Å²) in [7, 11) is 1.76. The van der Waals surface area contributed by atoms with E-state index in [0.717, 1.165) is 37.3 Å². The summed E-state index contributed by atoms with van der Waals surface area (Å²) in [6, 6.07) is 6.52. The normalized spacial score (nSPS) is 11.1. The molecular formula is C16H27BrN2O. The third kappa shape index (κ3) is 5.81. The lowest BCUT2D eigenvalue weighted by Gasteiger charge is -2.29. The average molecular weight is 343 g/mol. The minimum atomic E-state index is 0.623. The molecule has 4 heteroatoms. The predicted molar refractivity (Wildman–Crippen MR) is 90.4 cm³/mol. The van der Waals surface area contributed by atoms with Gasteiger partial charge in [-0.25, -0.2) is 0 Å². The SMILES string of the molecule is CCNCc1ccc(Br)cc1N(CCOC)CC(C)C. The molecule has 0 aliphatic carbocycles.